The molecule has 0 aliphatic carbocycles. The molecule has 0 fully saturated rings. The highest BCUT2D eigenvalue weighted by Gasteiger charge is 2.13. The summed E-state index contributed by atoms with van der Waals surface area (Å²) in [5, 5.41) is 18.6. The van der Waals surface area contributed by atoms with Crippen molar-refractivity contribution in [2.24, 2.45) is 0 Å². The monoisotopic (exact) mass is 397 g/mol. The minimum Gasteiger partial charge on any atom is -0.494 e. The van der Waals surface area contributed by atoms with Crippen LogP contribution >= 0.6 is 11.8 Å². The summed E-state index contributed by atoms with van der Waals surface area (Å²) in [7, 11) is 0. The number of hydrogen-bond acceptors (Lipinski definition) is 5. The van der Waals surface area contributed by atoms with Gasteiger partial charge in [0.25, 0.3) is 0 Å². The first-order valence-electron chi connectivity index (χ1n) is 9.17. The fourth-order valence-corrected chi connectivity index (χ4v) is 3.64. The lowest BCUT2D eigenvalue weighted by Crippen LogP contribution is -2.03. The minimum atomic E-state index is -0.954. The van der Waals surface area contributed by atoms with Crippen LogP contribution in [0, 0.1) is 6.92 Å². The van der Waals surface area contributed by atoms with Crippen molar-refractivity contribution in [1.29, 1.82) is 0 Å². The summed E-state index contributed by atoms with van der Waals surface area (Å²) in [6.45, 7) is 5.47. The van der Waals surface area contributed by atoms with Crippen molar-refractivity contribution in [2.45, 2.75) is 32.0 Å². The minimum absolute atomic E-state index is 0.228. The van der Waals surface area contributed by atoms with Crippen LogP contribution in [0.5, 0.6) is 5.75 Å². The Labute approximate surface area is 168 Å². The predicted octanol–water partition coefficient (Wildman–Crippen LogP) is 4.53. The summed E-state index contributed by atoms with van der Waals surface area (Å²) in [5.74, 6) is 1.34. The van der Waals surface area contributed by atoms with Gasteiger partial charge in [-0.05, 0) is 38.5 Å². The summed E-state index contributed by atoms with van der Waals surface area (Å²) in [4.78, 5) is 11.0. The van der Waals surface area contributed by atoms with Gasteiger partial charge in [-0.25, -0.2) is 4.79 Å². The fraction of sp³-hybridized carbons (Fsp3) is 0.286. The van der Waals surface area contributed by atoms with E-state index in [-0.39, 0.29) is 5.56 Å². The van der Waals surface area contributed by atoms with E-state index in [0.29, 0.717) is 12.4 Å². The molecule has 0 unspecified atom stereocenters. The van der Waals surface area contributed by atoms with Gasteiger partial charge in [-0.3, -0.25) is 0 Å². The van der Waals surface area contributed by atoms with Crippen molar-refractivity contribution < 1.29 is 14.6 Å². The Morgan fingerprint density at radius 2 is 1.96 bits per heavy atom. The average molecular weight is 398 g/mol. The van der Waals surface area contributed by atoms with Gasteiger partial charge in [-0.1, -0.05) is 47.7 Å². The van der Waals surface area contributed by atoms with Gasteiger partial charge in [0.2, 0.25) is 0 Å². The average Bonchev–Trinajstić information content (AvgIpc) is 3.11. The van der Waals surface area contributed by atoms with Gasteiger partial charge in [0.05, 0.1) is 12.2 Å². The second-order valence-corrected chi connectivity index (χ2v) is 7.36. The quantitative estimate of drug-likeness (QED) is 0.422. The Morgan fingerprint density at radius 1 is 1.18 bits per heavy atom. The molecule has 28 heavy (non-hydrogen) atoms. The molecule has 7 heteroatoms. The number of aryl methyl sites for hydroxylation is 1. The summed E-state index contributed by atoms with van der Waals surface area (Å²) in [6.07, 6.45) is 0.818. The van der Waals surface area contributed by atoms with Crippen LogP contribution in [0.1, 0.15) is 29.3 Å². The van der Waals surface area contributed by atoms with Crippen molar-refractivity contribution >= 4 is 17.7 Å². The predicted molar refractivity (Wildman–Crippen MR) is 110 cm³/mol. The van der Waals surface area contributed by atoms with Gasteiger partial charge in [-0.2, -0.15) is 0 Å². The van der Waals surface area contributed by atoms with Crippen molar-refractivity contribution in [2.75, 3.05) is 12.4 Å². The van der Waals surface area contributed by atoms with Crippen molar-refractivity contribution in [3.05, 3.63) is 59.7 Å². The standard InChI is InChI=1S/C21H23N3O3S/c1-3-24-19(16-10-8-15(2)9-11-16)22-23-21(24)28-13-5-12-27-18-7-4-6-17(14-18)20(25)26/h4,6-11,14H,3,5,12-13H2,1-2H3,(H,25,26). The molecule has 6 nitrogen and oxygen atoms in total. The lowest BCUT2D eigenvalue weighted by molar-refractivity contribution is 0.0696. The molecule has 146 valence electrons. The van der Waals surface area contributed by atoms with Crippen LogP contribution in [-0.4, -0.2) is 38.2 Å². The van der Waals surface area contributed by atoms with Gasteiger partial charge in [0.1, 0.15) is 5.75 Å². The van der Waals surface area contributed by atoms with E-state index in [1.54, 1.807) is 30.0 Å². The lowest BCUT2D eigenvalue weighted by atomic mass is 10.1. The third kappa shape index (κ3) is 4.92. The zero-order chi connectivity index (χ0) is 19.9. The maximum atomic E-state index is 11.0. The Kier molecular flexibility index (Phi) is 6.71. The molecule has 0 atom stereocenters. The molecule has 3 aromatic rings. The highest BCUT2D eigenvalue weighted by atomic mass is 32.2. The number of ether oxygens (including phenoxy) is 1. The normalized spacial score (nSPS) is 10.8. The molecular formula is C21H23N3O3S. The summed E-state index contributed by atoms with van der Waals surface area (Å²) in [5.41, 5.74) is 2.51. The number of rotatable bonds is 9. The smallest absolute Gasteiger partial charge is 0.335 e. The largest absolute Gasteiger partial charge is 0.494 e. The number of carboxylic acid groups (broad SMARTS) is 1. The van der Waals surface area contributed by atoms with Gasteiger partial charge in [-0.15, -0.1) is 10.2 Å². The summed E-state index contributed by atoms with van der Waals surface area (Å²) >= 11 is 1.65. The molecule has 0 saturated carbocycles. The molecule has 0 amide bonds. The third-order valence-corrected chi connectivity index (χ3v) is 5.27. The lowest BCUT2D eigenvalue weighted by Gasteiger charge is -2.08. The number of thioether (sulfide) groups is 1. The molecular weight excluding hydrogens is 374 g/mol. The van der Waals surface area contributed by atoms with Crippen molar-refractivity contribution in [3.8, 4) is 17.1 Å². The van der Waals surface area contributed by atoms with Crippen molar-refractivity contribution in [3.63, 3.8) is 0 Å². The Hall–Kier alpha value is -2.80. The Morgan fingerprint density at radius 3 is 2.68 bits per heavy atom. The molecule has 2 aromatic carbocycles. The van der Waals surface area contributed by atoms with E-state index in [2.05, 4.69) is 52.9 Å². The summed E-state index contributed by atoms with van der Waals surface area (Å²) < 4.78 is 7.78. The SMILES string of the molecule is CCn1c(SCCCOc2cccc(C(=O)O)c2)nnc1-c1ccc(C)cc1. The molecule has 1 N–H and O–H groups in total. The van der Waals surface area contributed by atoms with Gasteiger partial charge in [0, 0.05) is 17.9 Å². The number of carbonyl (C=O) groups is 1. The molecule has 0 saturated heterocycles. The van der Waals surface area contributed by atoms with Gasteiger partial charge < -0.3 is 14.4 Å². The van der Waals surface area contributed by atoms with Gasteiger partial charge >= 0.3 is 5.97 Å². The van der Waals surface area contributed by atoms with Crippen molar-refractivity contribution in [1.82, 2.24) is 14.8 Å². The topological polar surface area (TPSA) is 77.2 Å². The second kappa shape index (κ2) is 9.41. The third-order valence-electron chi connectivity index (χ3n) is 4.21. The maximum Gasteiger partial charge on any atom is 0.335 e. The number of carboxylic acids is 1. The van der Waals surface area contributed by atoms with E-state index in [0.717, 1.165) is 35.3 Å². The molecule has 1 heterocycles. The van der Waals surface area contributed by atoms with Gasteiger partial charge in [0.15, 0.2) is 11.0 Å². The zero-order valence-electron chi connectivity index (χ0n) is 16.0. The van der Waals surface area contributed by atoms with Crippen LogP contribution in [0.3, 0.4) is 0 Å². The second-order valence-electron chi connectivity index (χ2n) is 6.30. The number of nitrogens with zero attached hydrogens (tertiary/aromatic N) is 3. The Bertz CT molecular complexity index is 938. The van der Waals surface area contributed by atoms with E-state index in [1.807, 2.05) is 0 Å². The van der Waals surface area contributed by atoms with Crippen LogP contribution in [0.4, 0.5) is 0 Å². The van der Waals surface area contributed by atoms with E-state index < -0.39 is 5.97 Å². The maximum absolute atomic E-state index is 11.0. The molecule has 0 bridgehead atoms. The highest BCUT2D eigenvalue weighted by Crippen LogP contribution is 2.24. The summed E-state index contributed by atoms with van der Waals surface area (Å²) in [6, 6.07) is 14.8. The van der Waals surface area contributed by atoms with E-state index in [4.69, 9.17) is 9.84 Å². The number of hydrogen-bond donors (Lipinski definition) is 1. The molecule has 0 spiro atoms. The first-order valence-corrected chi connectivity index (χ1v) is 10.2. The first kappa shape index (κ1) is 19.9. The van der Waals surface area contributed by atoms with E-state index >= 15 is 0 Å². The first-order chi connectivity index (χ1) is 13.6. The van der Waals surface area contributed by atoms with E-state index in [9.17, 15) is 4.79 Å². The van der Waals surface area contributed by atoms with Crippen LogP contribution in [0.25, 0.3) is 11.4 Å². The molecule has 1 aromatic heterocycles. The number of aromatic carboxylic acids is 1. The molecule has 0 radical (unpaired) electrons. The van der Waals surface area contributed by atoms with Crippen LogP contribution in [-0.2, 0) is 6.54 Å². The fourth-order valence-electron chi connectivity index (χ4n) is 2.73. The zero-order valence-corrected chi connectivity index (χ0v) is 16.8. The Balaban J connectivity index is 1.53. The molecule has 0 aliphatic rings. The highest BCUT2D eigenvalue weighted by molar-refractivity contribution is 7.99. The molecule has 0 aliphatic heterocycles. The van der Waals surface area contributed by atoms with Crippen LogP contribution in [0.2, 0.25) is 0 Å². The number of aromatic nitrogens is 3. The van der Waals surface area contributed by atoms with Crippen LogP contribution in [0.15, 0.2) is 53.7 Å². The number of benzene rings is 2. The van der Waals surface area contributed by atoms with E-state index in [1.165, 1.54) is 11.6 Å². The molecule has 3 rings (SSSR count). The van der Waals surface area contributed by atoms with Crippen LogP contribution < -0.4 is 4.74 Å².